The molecule has 6 nitrogen and oxygen atoms in total. The van der Waals surface area contributed by atoms with Crippen molar-refractivity contribution in [1.29, 1.82) is 0 Å². The van der Waals surface area contributed by atoms with Crippen molar-refractivity contribution in [2.45, 2.75) is 39.0 Å². The predicted octanol–water partition coefficient (Wildman–Crippen LogP) is 3.91. The number of ketones is 1. The number of hydrogen-bond acceptors (Lipinski definition) is 6. The van der Waals surface area contributed by atoms with Gasteiger partial charge in [-0.05, 0) is 60.3 Å². The molecule has 1 heterocycles. The fourth-order valence-corrected chi connectivity index (χ4v) is 4.29. The van der Waals surface area contributed by atoms with E-state index in [9.17, 15) is 14.7 Å². The van der Waals surface area contributed by atoms with Crippen LogP contribution >= 0.6 is 15.9 Å². The van der Waals surface area contributed by atoms with Crippen molar-refractivity contribution in [2.24, 2.45) is 10.9 Å². The number of halogens is 1. The van der Waals surface area contributed by atoms with Crippen LogP contribution < -0.4 is 4.74 Å². The highest BCUT2D eigenvalue weighted by Crippen LogP contribution is 2.46. The van der Waals surface area contributed by atoms with E-state index >= 15 is 0 Å². The molecule has 1 aliphatic carbocycles. The van der Waals surface area contributed by atoms with Gasteiger partial charge in [0.05, 0.1) is 18.2 Å². The van der Waals surface area contributed by atoms with E-state index in [1.54, 1.807) is 26.0 Å². The fourth-order valence-electron chi connectivity index (χ4n) is 3.83. The summed E-state index contributed by atoms with van der Waals surface area (Å²) in [5.74, 6) is -1.36. The number of benzene rings is 1. The number of allylic oxidation sites excluding steroid dienone is 2. The van der Waals surface area contributed by atoms with Gasteiger partial charge in [0, 0.05) is 29.3 Å². The van der Waals surface area contributed by atoms with Gasteiger partial charge >= 0.3 is 5.97 Å². The normalized spacial score (nSPS) is 22.2. The minimum Gasteiger partial charge on any atom is -0.503 e. The molecule has 1 unspecified atom stereocenters. The molecule has 144 valence electrons. The van der Waals surface area contributed by atoms with Gasteiger partial charge in [0.2, 0.25) is 0 Å². The van der Waals surface area contributed by atoms with Gasteiger partial charge in [0.1, 0.15) is 5.92 Å². The van der Waals surface area contributed by atoms with Crippen molar-refractivity contribution < 1.29 is 24.2 Å². The first-order chi connectivity index (χ1) is 12.9. The maximum Gasteiger partial charge on any atom is 0.315 e. The Kier molecular flexibility index (Phi) is 5.69. The highest BCUT2D eigenvalue weighted by atomic mass is 79.9. The number of esters is 1. The van der Waals surface area contributed by atoms with Gasteiger partial charge in [-0.15, -0.1) is 0 Å². The molecule has 7 heteroatoms. The number of rotatable bonds is 4. The fraction of sp³-hybridized carbons (Fsp3) is 0.450. The zero-order chi connectivity index (χ0) is 19.7. The number of phenols is 1. The summed E-state index contributed by atoms with van der Waals surface area (Å²) in [6, 6.07) is 3.39. The number of Topliss-reactive ketones (excluding diaryl/α,β-unsaturated/α-hetero) is 1. The van der Waals surface area contributed by atoms with Crippen molar-refractivity contribution in [2.75, 3.05) is 13.7 Å². The molecule has 1 aromatic carbocycles. The van der Waals surface area contributed by atoms with Crippen molar-refractivity contribution in [1.82, 2.24) is 0 Å². The second-order valence-electron chi connectivity index (χ2n) is 6.65. The molecule has 0 saturated carbocycles. The van der Waals surface area contributed by atoms with Crippen LogP contribution in [-0.2, 0) is 14.3 Å². The number of ether oxygens (including phenoxy) is 2. The van der Waals surface area contributed by atoms with Gasteiger partial charge in [0.15, 0.2) is 17.3 Å². The van der Waals surface area contributed by atoms with Crippen molar-refractivity contribution in [3.05, 3.63) is 33.4 Å². The Balaban J connectivity index is 2.21. The first kappa shape index (κ1) is 19.6. The molecule has 0 radical (unpaired) electrons. The molecule has 0 bridgehead atoms. The van der Waals surface area contributed by atoms with Crippen LogP contribution in [0, 0.1) is 5.92 Å². The second-order valence-corrected chi connectivity index (χ2v) is 7.51. The summed E-state index contributed by atoms with van der Waals surface area (Å²) in [6.07, 6.45) is 1.91. The highest BCUT2D eigenvalue weighted by molar-refractivity contribution is 9.10. The number of methoxy groups -OCH3 is 1. The lowest BCUT2D eigenvalue weighted by atomic mass is 9.71. The Morgan fingerprint density at radius 1 is 1.37 bits per heavy atom. The molecule has 3 rings (SSSR count). The van der Waals surface area contributed by atoms with Crippen molar-refractivity contribution >= 4 is 33.4 Å². The van der Waals surface area contributed by atoms with Crippen LogP contribution in [-0.4, -0.2) is 36.3 Å². The smallest absolute Gasteiger partial charge is 0.315 e. The summed E-state index contributed by atoms with van der Waals surface area (Å²) in [6.45, 7) is 3.79. The van der Waals surface area contributed by atoms with E-state index in [0.717, 1.165) is 12.1 Å². The molecule has 0 saturated heterocycles. The summed E-state index contributed by atoms with van der Waals surface area (Å²) < 4.78 is 11.0. The second kappa shape index (κ2) is 7.84. The number of aromatic hydroxyl groups is 1. The zero-order valence-electron chi connectivity index (χ0n) is 15.5. The lowest BCUT2D eigenvalue weighted by Crippen LogP contribution is -2.37. The van der Waals surface area contributed by atoms with Gasteiger partial charge in [0.25, 0.3) is 0 Å². The van der Waals surface area contributed by atoms with Crippen LogP contribution in [0.5, 0.6) is 11.5 Å². The third kappa shape index (κ3) is 3.52. The Hall–Kier alpha value is -2.15. The molecule has 0 spiro atoms. The number of phenolic OH excluding ortho intramolecular Hbond substituents is 1. The largest absolute Gasteiger partial charge is 0.503 e. The lowest BCUT2D eigenvalue weighted by molar-refractivity contribution is -0.146. The average molecular weight is 436 g/mol. The number of aliphatic imine (C=N–C) groups is 1. The molecule has 0 aromatic heterocycles. The van der Waals surface area contributed by atoms with Gasteiger partial charge < -0.3 is 14.6 Å². The van der Waals surface area contributed by atoms with Gasteiger partial charge in [-0.3, -0.25) is 14.6 Å². The molecule has 0 amide bonds. The van der Waals surface area contributed by atoms with E-state index < -0.39 is 17.8 Å². The van der Waals surface area contributed by atoms with Crippen LogP contribution in [0.2, 0.25) is 0 Å². The van der Waals surface area contributed by atoms with E-state index in [1.165, 1.54) is 7.11 Å². The molecule has 0 fully saturated rings. The molecule has 1 aromatic rings. The van der Waals surface area contributed by atoms with Crippen LogP contribution in [0.15, 0.2) is 32.9 Å². The Morgan fingerprint density at radius 2 is 2.11 bits per heavy atom. The summed E-state index contributed by atoms with van der Waals surface area (Å²) in [5, 5.41) is 10.1. The Morgan fingerprint density at radius 3 is 2.78 bits per heavy atom. The maximum absolute atomic E-state index is 12.8. The Bertz CT molecular complexity index is 858. The molecule has 1 aliphatic heterocycles. The third-order valence-electron chi connectivity index (χ3n) is 5.00. The number of hydrogen-bond donors (Lipinski definition) is 1. The van der Waals surface area contributed by atoms with Crippen LogP contribution in [0.3, 0.4) is 0 Å². The third-order valence-corrected chi connectivity index (χ3v) is 5.61. The van der Waals surface area contributed by atoms with E-state index in [-0.39, 0.29) is 23.9 Å². The first-order valence-corrected chi connectivity index (χ1v) is 9.72. The molecular weight excluding hydrogens is 414 g/mol. The predicted molar refractivity (Wildman–Crippen MR) is 104 cm³/mol. The first-order valence-electron chi connectivity index (χ1n) is 8.93. The van der Waals surface area contributed by atoms with E-state index in [2.05, 4.69) is 20.9 Å². The summed E-state index contributed by atoms with van der Waals surface area (Å²) >= 11 is 3.33. The van der Waals surface area contributed by atoms with E-state index in [1.807, 2.05) is 0 Å². The monoisotopic (exact) mass is 435 g/mol. The molecule has 2 atom stereocenters. The van der Waals surface area contributed by atoms with E-state index in [0.29, 0.717) is 34.2 Å². The van der Waals surface area contributed by atoms with Crippen LogP contribution in [0.4, 0.5) is 0 Å². The zero-order valence-corrected chi connectivity index (χ0v) is 17.1. The van der Waals surface area contributed by atoms with Gasteiger partial charge in [-0.25, -0.2) is 0 Å². The number of carbonyl (C=O) groups is 2. The van der Waals surface area contributed by atoms with Crippen molar-refractivity contribution in [3.8, 4) is 11.5 Å². The standard InChI is InChI=1S/C20H22BrNO5/c1-4-27-20(25)16-10(2)22-13-6-5-7-14(23)18(13)17(16)11-8-12(21)19(24)15(9-11)26-3/h8-9,16-17,24H,4-7H2,1-3H3/t16?,17-/m1/s1. The molecule has 1 N–H and O–H groups in total. The molecule has 27 heavy (non-hydrogen) atoms. The van der Waals surface area contributed by atoms with E-state index in [4.69, 9.17) is 9.47 Å². The highest BCUT2D eigenvalue weighted by Gasteiger charge is 2.43. The van der Waals surface area contributed by atoms with Crippen LogP contribution in [0.1, 0.15) is 44.6 Å². The summed E-state index contributed by atoms with van der Waals surface area (Å²) in [4.78, 5) is 30.1. The van der Waals surface area contributed by atoms with Gasteiger partial charge in [-0.1, -0.05) is 0 Å². The lowest BCUT2D eigenvalue weighted by Gasteiger charge is -2.34. The quantitative estimate of drug-likeness (QED) is 0.724. The topological polar surface area (TPSA) is 85.2 Å². The minimum atomic E-state index is -0.688. The number of carbonyl (C=O) groups excluding carboxylic acids is 2. The SMILES string of the molecule is CCOC(=O)C1C(C)=NC2=C(C(=O)CCC2)[C@@H]1c1cc(Br)c(O)c(OC)c1. The molecule has 2 aliphatic rings. The van der Waals surface area contributed by atoms with Crippen molar-refractivity contribution in [3.63, 3.8) is 0 Å². The summed E-state index contributed by atoms with van der Waals surface area (Å²) in [7, 11) is 1.46. The van der Waals surface area contributed by atoms with Crippen LogP contribution in [0.25, 0.3) is 0 Å². The van der Waals surface area contributed by atoms with Gasteiger partial charge in [-0.2, -0.15) is 0 Å². The molecular formula is C20H22BrNO5. The average Bonchev–Trinajstić information content (AvgIpc) is 2.63. The Labute approximate surface area is 166 Å². The maximum atomic E-state index is 12.8. The summed E-state index contributed by atoms with van der Waals surface area (Å²) in [5.41, 5.74) is 2.66. The minimum absolute atomic E-state index is 0.00922. The number of nitrogens with zero attached hydrogens (tertiary/aromatic N) is 1.